The van der Waals surface area contributed by atoms with Crippen molar-refractivity contribution in [2.24, 2.45) is 0 Å². The van der Waals surface area contributed by atoms with Crippen molar-refractivity contribution < 1.29 is 33.3 Å². The van der Waals surface area contributed by atoms with Crippen molar-refractivity contribution in [2.45, 2.75) is 26.2 Å². The zero-order valence-corrected chi connectivity index (χ0v) is 23.4. The number of carbonyl (C=O) groups is 3. The molecule has 0 bridgehead atoms. The van der Waals surface area contributed by atoms with Crippen LogP contribution in [0.5, 0.6) is 11.5 Å². The molecule has 0 atom stereocenters. The number of carbonyl (C=O) groups excluding carboxylic acids is 3. The van der Waals surface area contributed by atoms with Crippen LogP contribution in [-0.2, 0) is 30.3 Å². The second-order valence-electron chi connectivity index (χ2n) is 8.71. The van der Waals surface area contributed by atoms with Gasteiger partial charge in [-0.05, 0) is 60.7 Å². The number of hydrogen-bond donors (Lipinski definition) is 0. The molecule has 214 valence electrons. The van der Waals surface area contributed by atoms with Crippen LogP contribution in [0.2, 0.25) is 0 Å². The molecule has 2 aromatic rings. The van der Waals surface area contributed by atoms with E-state index in [1.165, 1.54) is 6.08 Å². The van der Waals surface area contributed by atoms with Gasteiger partial charge in [-0.25, -0.2) is 14.4 Å². The van der Waals surface area contributed by atoms with Crippen molar-refractivity contribution in [3.63, 3.8) is 0 Å². The number of esters is 3. The molecule has 2 aromatic carbocycles. The van der Waals surface area contributed by atoms with Crippen LogP contribution in [0.25, 0.3) is 5.57 Å². The third kappa shape index (κ3) is 13.1. The van der Waals surface area contributed by atoms with E-state index < -0.39 is 17.9 Å². The summed E-state index contributed by atoms with van der Waals surface area (Å²) in [6.07, 6.45) is 12.9. The van der Waals surface area contributed by atoms with Gasteiger partial charge in [-0.1, -0.05) is 73.9 Å². The number of hydrogen-bond acceptors (Lipinski definition) is 7. The zero-order chi connectivity index (χ0) is 29.9. The summed E-state index contributed by atoms with van der Waals surface area (Å²) < 4.78 is 21.0. The fourth-order valence-corrected chi connectivity index (χ4v) is 3.33. The molecule has 0 spiro atoms. The molecule has 0 saturated carbocycles. The summed E-state index contributed by atoms with van der Waals surface area (Å²) in [5.41, 5.74) is 3.68. The summed E-state index contributed by atoms with van der Waals surface area (Å²) in [7, 11) is 0. The Labute approximate surface area is 241 Å². The van der Waals surface area contributed by atoms with Crippen LogP contribution < -0.4 is 9.47 Å². The summed E-state index contributed by atoms with van der Waals surface area (Å²) in [4.78, 5) is 34.3. The monoisotopic (exact) mass is 556 g/mol. The van der Waals surface area contributed by atoms with E-state index in [1.807, 2.05) is 55.5 Å². The largest absolute Gasteiger partial charge is 0.494 e. The third-order valence-corrected chi connectivity index (χ3v) is 5.58. The Bertz CT molecular complexity index is 1280. The summed E-state index contributed by atoms with van der Waals surface area (Å²) in [5, 5.41) is 0. The number of unbranched alkanes of at least 4 members (excludes halogenated alkanes) is 1. The topological polar surface area (TPSA) is 88.1 Å². The lowest BCUT2D eigenvalue weighted by molar-refractivity contribution is -0.138. The average Bonchev–Trinajstić information content (AvgIpc) is 2.99. The molecule has 0 radical (unpaired) electrons. The van der Waals surface area contributed by atoms with E-state index in [2.05, 4.69) is 19.7 Å². The van der Waals surface area contributed by atoms with E-state index in [1.54, 1.807) is 24.3 Å². The van der Waals surface area contributed by atoms with Gasteiger partial charge < -0.3 is 18.9 Å². The quantitative estimate of drug-likeness (QED) is 0.0720. The second-order valence-corrected chi connectivity index (χ2v) is 8.71. The maximum atomic E-state index is 12.2. The Morgan fingerprint density at radius 1 is 0.683 bits per heavy atom. The van der Waals surface area contributed by atoms with Gasteiger partial charge in [-0.15, -0.1) is 0 Å². The minimum atomic E-state index is -0.494. The van der Waals surface area contributed by atoms with E-state index in [-0.39, 0.29) is 6.61 Å². The highest BCUT2D eigenvalue weighted by Crippen LogP contribution is 2.20. The first-order valence-electron chi connectivity index (χ1n) is 13.2. The molecule has 0 fully saturated rings. The van der Waals surface area contributed by atoms with Crippen LogP contribution >= 0.6 is 0 Å². The lowest BCUT2D eigenvalue weighted by atomic mass is 10.0. The molecule has 0 saturated heterocycles. The van der Waals surface area contributed by atoms with Crippen molar-refractivity contribution in [3.8, 4) is 11.5 Å². The molecule has 0 N–H and O–H groups in total. The minimum Gasteiger partial charge on any atom is -0.494 e. The summed E-state index contributed by atoms with van der Waals surface area (Å²) in [6, 6.07) is 14.7. The molecule has 7 nitrogen and oxygen atoms in total. The van der Waals surface area contributed by atoms with Crippen molar-refractivity contribution >= 4 is 23.5 Å². The fraction of sp³-hybridized carbons (Fsp3) is 0.206. The maximum absolute atomic E-state index is 12.2. The number of ether oxygens (including phenoxy) is 4. The SMILES string of the molecule is C=CC(=O)OCCCCOc1ccc(/C(C=C)=C/C=C(C)/C=C/C(=O)Oc2ccc(CCOC(=O)C=C)cc2)cc1. The van der Waals surface area contributed by atoms with Gasteiger partial charge in [0.2, 0.25) is 0 Å². The van der Waals surface area contributed by atoms with E-state index in [0.29, 0.717) is 31.8 Å². The van der Waals surface area contributed by atoms with E-state index in [0.717, 1.165) is 46.6 Å². The van der Waals surface area contributed by atoms with E-state index in [9.17, 15) is 14.4 Å². The molecular formula is C34H36O7. The van der Waals surface area contributed by atoms with Gasteiger partial charge in [0.1, 0.15) is 11.5 Å². The van der Waals surface area contributed by atoms with Crippen LogP contribution in [0.3, 0.4) is 0 Å². The predicted molar refractivity (Wildman–Crippen MR) is 160 cm³/mol. The van der Waals surface area contributed by atoms with Crippen LogP contribution in [-0.4, -0.2) is 37.7 Å². The molecule has 41 heavy (non-hydrogen) atoms. The molecule has 0 aliphatic carbocycles. The summed E-state index contributed by atoms with van der Waals surface area (Å²) in [5.74, 6) is -0.205. The highest BCUT2D eigenvalue weighted by molar-refractivity contribution is 5.84. The average molecular weight is 557 g/mol. The van der Waals surface area contributed by atoms with Crippen LogP contribution in [0.1, 0.15) is 30.9 Å². The Morgan fingerprint density at radius 3 is 1.93 bits per heavy atom. The van der Waals surface area contributed by atoms with Crippen molar-refractivity contribution in [1.82, 2.24) is 0 Å². The first-order valence-corrected chi connectivity index (χ1v) is 13.2. The molecule has 0 aliphatic heterocycles. The lowest BCUT2D eigenvalue weighted by Gasteiger charge is -2.08. The van der Waals surface area contributed by atoms with Crippen LogP contribution in [0, 0.1) is 0 Å². The van der Waals surface area contributed by atoms with Gasteiger partial charge in [0.05, 0.1) is 19.8 Å². The van der Waals surface area contributed by atoms with Gasteiger partial charge in [0.15, 0.2) is 0 Å². The molecule has 7 heteroatoms. The molecule has 0 aliphatic rings. The van der Waals surface area contributed by atoms with Gasteiger partial charge in [-0.2, -0.15) is 0 Å². The van der Waals surface area contributed by atoms with E-state index in [4.69, 9.17) is 18.9 Å². The first-order chi connectivity index (χ1) is 19.8. The maximum Gasteiger partial charge on any atom is 0.336 e. The number of benzene rings is 2. The second kappa shape index (κ2) is 18.4. The summed E-state index contributed by atoms with van der Waals surface area (Å²) in [6.45, 7) is 13.6. The Hall–Kier alpha value is -4.91. The van der Waals surface area contributed by atoms with Gasteiger partial charge in [0.25, 0.3) is 0 Å². The lowest BCUT2D eigenvalue weighted by Crippen LogP contribution is -2.05. The highest BCUT2D eigenvalue weighted by Gasteiger charge is 2.03. The van der Waals surface area contributed by atoms with Gasteiger partial charge in [0, 0.05) is 24.6 Å². The van der Waals surface area contributed by atoms with Gasteiger partial charge in [-0.3, -0.25) is 0 Å². The van der Waals surface area contributed by atoms with Crippen molar-refractivity contribution in [3.05, 3.63) is 127 Å². The predicted octanol–water partition coefficient (Wildman–Crippen LogP) is 6.52. The summed E-state index contributed by atoms with van der Waals surface area (Å²) >= 11 is 0. The Morgan fingerprint density at radius 2 is 1.29 bits per heavy atom. The molecule has 0 aromatic heterocycles. The molecule has 2 rings (SSSR count). The van der Waals surface area contributed by atoms with E-state index >= 15 is 0 Å². The molecule has 0 unspecified atom stereocenters. The van der Waals surface area contributed by atoms with Gasteiger partial charge >= 0.3 is 17.9 Å². The Kier molecular flexibility index (Phi) is 14.5. The number of rotatable bonds is 17. The Balaban J connectivity index is 1.82. The fourth-order valence-electron chi connectivity index (χ4n) is 3.33. The highest BCUT2D eigenvalue weighted by atomic mass is 16.5. The molecular weight excluding hydrogens is 520 g/mol. The van der Waals surface area contributed by atoms with Crippen molar-refractivity contribution in [2.75, 3.05) is 19.8 Å². The zero-order valence-electron chi connectivity index (χ0n) is 23.4. The first kappa shape index (κ1) is 32.3. The standard InChI is InChI=1S/C34H36O7/c1-5-28(29-15-19-30(20-16-29)38-23-8-9-24-39-32(35)6-2)14-10-26(4)11-21-34(37)41-31-17-12-27(13-18-31)22-25-40-33(36)7-3/h5-7,10-21H,1-3,8-9,22-25H2,4H3/b21-11+,26-10+,28-14+. The van der Waals surface area contributed by atoms with Crippen LogP contribution in [0.15, 0.2) is 116 Å². The van der Waals surface area contributed by atoms with Crippen molar-refractivity contribution in [1.29, 1.82) is 0 Å². The number of allylic oxidation sites excluding steroid dienone is 6. The van der Waals surface area contributed by atoms with Crippen LogP contribution in [0.4, 0.5) is 0 Å². The normalized spacial score (nSPS) is 11.4. The molecule has 0 amide bonds. The minimum absolute atomic E-state index is 0.249. The smallest absolute Gasteiger partial charge is 0.336 e. The third-order valence-electron chi connectivity index (χ3n) is 5.58. The molecule has 0 heterocycles.